The first-order chi connectivity index (χ1) is 13.7. The lowest BCUT2D eigenvalue weighted by Crippen LogP contribution is -2.21. The van der Waals surface area contributed by atoms with Gasteiger partial charge in [0.25, 0.3) is 0 Å². The van der Waals surface area contributed by atoms with Crippen molar-refractivity contribution < 1.29 is 4.79 Å². The van der Waals surface area contributed by atoms with E-state index in [0.29, 0.717) is 12.5 Å². The Labute approximate surface area is 184 Å². The molecule has 1 aromatic heterocycles. The van der Waals surface area contributed by atoms with Crippen LogP contribution in [0, 0.1) is 0 Å². The molecule has 0 saturated heterocycles. The van der Waals surface area contributed by atoms with Gasteiger partial charge in [-0.25, -0.2) is 0 Å². The van der Waals surface area contributed by atoms with E-state index in [1.165, 1.54) is 56.9 Å². The van der Waals surface area contributed by atoms with Crippen LogP contribution in [0.25, 0.3) is 0 Å². The van der Waals surface area contributed by atoms with Crippen molar-refractivity contribution in [1.29, 1.82) is 0 Å². The maximum Gasteiger partial charge on any atom is 0.230 e. The van der Waals surface area contributed by atoms with Crippen LogP contribution in [0.5, 0.6) is 0 Å². The van der Waals surface area contributed by atoms with Gasteiger partial charge in [-0.15, -0.1) is 23.7 Å². The molecular weight excluding hydrogens is 402 g/mol. The van der Waals surface area contributed by atoms with Gasteiger partial charge in [-0.2, -0.15) is 0 Å². The fourth-order valence-electron chi connectivity index (χ4n) is 3.73. The largest absolute Gasteiger partial charge is 0.326 e. The summed E-state index contributed by atoms with van der Waals surface area (Å²) in [6.07, 6.45) is 11.5. The van der Waals surface area contributed by atoms with E-state index in [1.807, 2.05) is 19.2 Å². The summed E-state index contributed by atoms with van der Waals surface area (Å²) >= 11 is 1.65. The summed E-state index contributed by atoms with van der Waals surface area (Å²) in [6, 6.07) is 8.67. The summed E-state index contributed by atoms with van der Waals surface area (Å²) in [6.45, 7) is 2.20. The Balaban J connectivity index is 0.00000300. The molecule has 0 aliphatic heterocycles. The Morgan fingerprint density at radius 2 is 1.86 bits per heavy atom. The average molecular weight is 436 g/mol. The number of nitrogens with zero attached hydrogens (tertiary/aromatic N) is 2. The van der Waals surface area contributed by atoms with Crippen LogP contribution in [0.3, 0.4) is 0 Å². The van der Waals surface area contributed by atoms with Crippen molar-refractivity contribution in [3.8, 4) is 0 Å². The molecular formula is C23H34ClN3OS. The lowest BCUT2D eigenvalue weighted by Gasteiger charge is -2.09. The van der Waals surface area contributed by atoms with Crippen LogP contribution >= 0.6 is 23.7 Å². The Hall–Kier alpha value is -1.59. The van der Waals surface area contributed by atoms with Crippen molar-refractivity contribution in [3.05, 3.63) is 45.7 Å². The third-order valence-corrected chi connectivity index (χ3v) is 6.51. The van der Waals surface area contributed by atoms with E-state index < -0.39 is 0 Å². The molecule has 0 unspecified atom stereocenters. The maximum absolute atomic E-state index is 12.5. The topological polar surface area (TPSA) is 46.4 Å². The summed E-state index contributed by atoms with van der Waals surface area (Å²) in [5, 5.41) is 5.09. The van der Waals surface area contributed by atoms with E-state index in [-0.39, 0.29) is 18.3 Å². The molecule has 3 rings (SSSR count). The molecule has 1 N–H and O–H groups in total. The molecule has 160 valence electrons. The van der Waals surface area contributed by atoms with Gasteiger partial charge in [0.1, 0.15) is 0 Å². The third kappa shape index (κ3) is 7.31. The number of rotatable bonds is 7. The molecule has 1 aromatic carbocycles. The molecule has 4 nitrogen and oxygen atoms in total. The number of benzene rings is 1. The van der Waals surface area contributed by atoms with Crippen molar-refractivity contribution in [2.24, 2.45) is 12.0 Å². The van der Waals surface area contributed by atoms with Gasteiger partial charge >= 0.3 is 0 Å². The van der Waals surface area contributed by atoms with Crippen molar-refractivity contribution >= 4 is 35.3 Å². The number of halogens is 1. The number of hydrogen-bond acceptors (Lipinski definition) is 3. The van der Waals surface area contributed by atoms with Gasteiger partial charge < -0.3 is 9.88 Å². The molecule has 29 heavy (non-hydrogen) atoms. The number of unbranched alkanes of at least 4 members (excludes halogenated alkanes) is 1. The predicted molar refractivity (Wildman–Crippen MR) is 125 cm³/mol. The second-order valence-electron chi connectivity index (χ2n) is 7.87. The SMILES string of the molecule is CCCCc1ccc(NC(=O)Cc2csc(=NC3CCCCCC3)n2C)cc1.Cl. The fourth-order valence-corrected chi connectivity index (χ4v) is 4.70. The van der Waals surface area contributed by atoms with E-state index in [1.54, 1.807) is 11.3 Å². The van der Waals surface area contributed by atoms with Crippen molar-refractivity contribution in [1.82, 2.24) is 4.57 Å². The highest BCUT2D eigenvalue weighted by Gasteiger charge is 2.13. The molecule has 1 fully saturated rings. The first-order valence-corrected chi connectivity index (χ1v) is 11.6. The predicted octanol–water partition coefficient (Wildman–Crippen LogP) is 5.66. The Morgan fingerprint density at radius 3 is 2.52 bits per heavy atom. The summed E-state index contributed by atoms with van der Waals surface area (Å²) in [5.41, 5.74) is 3.22. The minimum Gasteiger partial charge on any atom is -0.326 e. The second kappa shape index (κ2) is 12.2. The van der Waals surface area contributed by atoms with E-state index >= 15 is 0 Å². The highest BCUT2D eigenvalue weighted by molar-refractivity contribution is 7.07. The van der Waals surface area contributed by atoms with E-state index in [0.717, 1.165) is 22.6 Å². The Morgan fingerprint density at radius 1 is 1.17 bits per heavy atom. The number of amides is 1. The summed E-state index contributed by atoms with van der Waals surface area (Å²) in [7, 11) is 2.02. The molecule has 0 spiro atoms. The normalized spacial score (nSPS) is 15.6. The molecule has 1 aliphatic rings. The monoisotopic (exact) mass is 435 g/mol. The summed E-state index contributed by atoms with van der Waals surface area (Å²) in [5.74, 6) is 0.0238. The van der Waals surface area contributed by atoms with Gasteiger partial charge in [0, 0.05) is 23.8 Å². The van der Waals surface area contributed by atoms with Gasteiger partial charge in [-0.3, -0.25) is 9.79 Å². The highest BCUT2D eigenvalue weighted by Crippen LogP contribution is 2.19. The molecule has 2 aromatic rings. The zero-order chi connectivity index (χ0) is 19.8. The van der Waals surface area contributed by atoms with Crippen LogP contribution in [-0.4, -0.2) is 16.5 Å². The number of thiazole rings is 1. The Kier molecular flexibility index (Phi) is 9.95. The van der Waals surface area contributed by atoms with Crippen LogP contribution in [0.2, 0.25) is 0 Å². The average Bonchev–Trinajstić information content (AvgIpc) is 2.89. The van der Waals surface area contributed by atoms with E-state index in [4.69, 9.17) is 4.99 Å². The molecule has 0 bridgehead atoms. The first-order valence-electron chi connectivity index (χ1n) is 10.7. The van der Waals surface area contributed by atoms with Gasteiger partial charge in [-0.05, 0) is 43.4 Å². The van der Waals surface area contributed by atoms with Crippen molar-refractivity contribution in [2.75, 3.05) is 5.32 Å². The summed E-state index contributed by atoms with van der Waals surface area (Å²) < 4.78 is 2.09. The number of aromatic nitrogens is 1. The van der Waals surface area contributed by atoms with E-state index in [2.05, 4.69) is 34.3 Å². The molecule has 1 aliphatic carbocycles. The highest BCUT2D eigenvalue weighted by atomic mass is 35.5. The minimum absolute atomic E-state index is 0. The molecule has 0 radical (unpaired) electrons. The van der Waals surface area contributed by atoms with Crippen LogP contribution in [0.4, 0.5) is 5.69 Å². The van der Waals surface area contributed by atoms with Crippen LogP contribution in [-0.2, 0) is 24.7 Å². The molecule has 6 heteroatoms. The zero-order valence-electron chi connectivity index (χ0n) is 17.7. The first kappa shape index (κ1) is 23.7. The number of nitrogens with one attached hydrogen (secondary N) is 1. The van der Waals surface area contributed by atoms with Gasteiger partial charge in [-0.1, -0.05) is 51.2 Å². The number of aryl methyl sites for hydroxylation is 1. The van der Waals surface area contributed by atoms with Gasteiger partial charge in [0.15, 0.2) is 4.80 Å². The maximum atomic E-state index is 12.5. The molecule has 0 atom stereocenters. The minimum atomic E-state index is 0. The second-order valence-corrected chi connectivity index (χ2v) is 8.71. The number of carbonyl (C=O) groups excluding carboxylic acids is 1. The number of carbonyl (C=O) groups is 1. The number of hydrogen-bond donors (Lipinski definition) is 1. The van der Waals surface area contributed by atoms with Crippen LogP contribution in [0.15, 0.2) is 34.6 Å². The number of anilines is 1. The van der Waals surface area contributed by atoms with E-state index in [9.17, 15) is 4.79 Å². The Bertz CT molecular complexity index is 817. The summed E-state index contributed by atoms with van der Waals surface area (Å²) in [4.78, 5) is 18.5. The van der Waals surface area contributed by atoms with Crippen LogP contribution in [0.1, 0.15) is 69.5 Å². The quantitative estimate of drug-likeness (QED) is 0.560. The van der Waals surface area contributed by atoms with Gasteiger partial charge in [0.2, 0.25) is 5.91 Å². The van der Waals surface area contributed by atoms with Crippen molar-refractivity contribution in [2.45, 2.75) is 77.2 Å². The standard InChI is InChI=1S/C23H33N3OS.ClH/c1-3-4-9-18-12-14-20(15-13-18)24-22(27)16-21-17-28-23(26(21)2)25-19-10-7-5-6-8-11-19;/h12-15,17,19H,3-11,16H2,1-2H3,(H,24,27);1H. The zero-order valence-corrected chi connectivity index (χ0v) is 19.3. The molecule has 1 saturated carbocycles. The lowest BCUT2D eigenvalue weighted by molar-refractivity contribution is -0.115. The third-order valence-electron chi connectivity index (χ3n) is 5.53. The molecule has 1 amide bonds. The lowest BCUT2D eigenvalue weighted by atomic mass is 10.1. The van der Waals surface area contributed by atoms with Gasteiger partial charge in [0.05, 0.1) is 12.5 Å². The molecule has 1 heterocycles. The van der Waals surface area contributed by atoms with Crippen LogP contribution < -0.4 is 10.1 Å². The van der Waals surface area contributed by atoms with Crippen molar-refractivity contribution in [3.63, 3.8) is 0 Å². The fraction of sp³-hybridized carbons (Fsp3) is 0.565. The smallest absolute Gasteiger partial charge is 0.230 e.